The largest absolute Gasteiger partial charge is 0.377 e. The molecule has 0 saturated carbocycles. The van der Waals surface area contributed by atoms with Crippen LogP contribution < -0.4 is 5.32 Å². The maximum absolute atomic E-state index is 12.0. The predicted octanol–water partition coefficient (Wildman–Crippen LogP) is 1.01. The van der Waals surface area contributed by atoms with Crippen molar-refractivity contribution in [3.05, 3.63) is 35.7 Å². The molecule has 112 valence electrons. The van der Waals surface area contributed by atoms with E-state index in [0.29, 0.717) is 30.5 Å². The fourth-order valence-electron chi connectivity index (χ4n) is 2.55. The summed E-state index contributed by atoms with van der Waals surface area (Å²) in [6, 6.07) is 1.60. The van der Waals surface area contributed by atoms with Gasteiger partial charge in [0.1, 0.15) is 12.4 Å². The van der Waals surface area contributed by atoms with Gasteiger partial charge in [-0.05, 0) is 12.3 Å². The van der Waals surface area contributed by atoms with Crippen LogP contribution in [0.2, 0.25) is 0 Å². The standard InChI is InChI=1S/C14H18N4O3/c1-20-9-11-7-12(17-21-11)14(19)16-8-10-2-4-18-5-3-15-13(18)6-10/h3,5,7,10H,2,4,6,8-9H2,1H3,(H,16,19). The molecule has 0 aliphatic carbocycles. The Bertz CT molecular complexity index is 619. The quantitative estimate of drug-likeness (QED) is 0.888. The van der Waals surface area contributed by atoms with E-state index in [4.69, 9.17) is 9.26 Å². The SMILES string of the molecule is COCc1cc(C(=O)NCC2CCn3ccnc3C2)no1. The number of nitrogens with one attached hydrogen (secondary N) is 1. The van der Waals surface area contributed by atoms with Crippen LogP contribution in [0.15, 0.2) is 23.0 Å². The molecule has 0 aromatic carbocycles. The summed E-state index contributed by atoms with van der Waals surface area (Å²) in [6.45, 7) is 1.89. The van der Waals surface area contributed by atoms with Gasteiger partial charge < -0.3 is 19.1 Å². The molecule has 0 saturated heterocycles. The average Bonchev–Trinajstić information content (AvgIpc) is 3.13. The number of fused-ring (bicyclic) bond motifs is 1. The number of hydrogen-bond donors (Lipinski definition) is 1. The zero-order chi connectivity index (χ0) is 14.7. The number of rotatable bonds is 5. The Morgan fingerprint density at radius 2 is 2.52 bits per heavy atom. The first-order valence-corrected chi connectivity index (χ1v) is 6.99. The zero-order valence-electron chi connectivity index (χ0n) is 11.9. The van der Waals surface area contributed by atoms with Crippen molar-refractivity contribution in [1.29, 1.82) is 0 Å². The van der Waals surface area contributed by atoms with E-state index < -0.39 is 0 Å². The first-order valence-electron chi connectivity index (χ1n) is 6.99. The van der Waals surface area contributed by atoms with Crippen molar-refractivity contribution in [2.45, 2.75) is 26.0 Å². The third-order valence-corrected chi connectivity index (χ3v) is 3.68. The van der Waals surface area contributed by atoms with Crippen LogP contribution in [0.25, 0.3) is 0 Å². The molecule has 1 amide bonds. The first-order chi connectivity index (χ1) is 10.3. The van der Waals surface area contributed by atoms with Gasteiger partial charge in [-0.25, -0.2) is 4.98 Å². The van der Waals surface area contributed by atoms with E-state index in [1.54, 1.807) is 13.2 Å². The topological polar surface area (TPSA) is 82.2 Å². The van der Waals surface area contributed by atoms with Gasteiger partial charge in [-0.1, -0.05) is 5.16 Å². The minimum atomic E-state index is -0.213. The number of aryl methyl sites for hydroxylation is 1. The van der Waals surface area contributed by atoms with Crippen molar-refractivity contribution in [1.82, 2.24) is 20.0 Å². The van der Waals surface area contributed by atoms with Gasteiger partial charge in [-0.15, -0.1) is 0 Å². The molecule has 21 heavy (non-hydrogen) atoms. The molecule has 0 bridgehead atoms. The lowest BCUT2D eigenvalue weighted by molar-refractivity contribution is 0.0934. The van der Waals surface area contributed by atoms with E-state index in [1.807, 2.05) is 12.4 Å². The second kappa shape index (κ2) is 6.09. The summed E-state index contributed by atoms with van der Waals surface area (Å²) in [7, 11) is 1.56. The fraction of sp³-hybridized carbons (Fsp3) is 0.500. The number of carbonyl (C=O) groups excluding carboxylic acids is 1. The van der Waals surface area contributed by atoms with Crippen LogP contribution in [-0.2, 0) is 24.3 Å². The second-order valence-corrected chi connectivity index (χ2v) is 5.22. The highest BCUT2D eigenvalue weighted by molar-refractivity contribution is 5.92. The van der Waals surface area contributed by atoms with Crippen molar-refractivity contribution >= 4 is 5.91 Å². The molecule has 2 aromatic heterocycles. The van der Waals surface area contributed by atoms with Crippen LogP contribution in [-0.4, -0.2) is 34.3 Å². The third-order valence-electron chi connectivity index (χ3n) is 3.68. The minimum absolute atomic E-state index is 0.213. The Morgan fingerprint density at radius 1 is 1.62 bits per heavy atom. The van der Waals surface area contributed by atoms with Crippen LogP contribution in [0.3, 0.4) is 0 Å². The van der Waals surface area contributed by atoms with Crippen LogP contribution in [0, 0.1) is 5.92 Å². The number of ether oxygens (including phenoxy) is 1. The Labute approximate surface area is 122 Å². The summed E-state index contributed by atoms with van der Waals surface area (Å²) in [5.41, 5.74) is 0.291. The highest BCUT2D eigenvalue weighted by Gasteiger charge is 2.20. The molecular weight excluding hydrogens is 272 g/mol. The molecule has 1 aliphatic heterocycles. The van der Waals surface area contributed by atoms with Gasteiger partial charge in [0.05, 0.1) is 0 Å². The van der Waals surface area contributed by atoms with Gasteiger partial charge in [0.2, 0.25) is 0 Å². The summed E-state index contributed by atoms with van der Waals surface area (Å²) in [4.78, 5) is 16.3. The summed E-state index contributed by atoms with van der Waals surface area (Å²) in [5, 5.41) is 6.65. The molecule has 3 rings (SSSR count). The molecule has 1 N–H and O–H groups in total. The lowest BCUT2D eigenvalue weighted by Gasteiger charge is -2.23. The number of nitrogens with zero attached hydrogens (tertiary/aromatic N) is 3. The summed E-state index contributed by atoms with van der Waals surface area (Å²) < 4.78 is 12.1. The van der Waals surface area contributed by atoms with Crippen molar-refractivity contribution < 1.29 is 14.1 Å². The minimum Gasteiger partial charge on any atom is -0.377 e. The number of amides is 1. The first kappa shape index (κ1) is 13.8. The Kier molecular flexibility index (Phi) is 4.01. The Hall–Kier alpha value is -2.15. The van der Waals surface area contributed by atoms with Gasteiger partial charge in [0.25, 0.3) is 5.91 Å². The lowest BCUT2D eigenvalue weighted by atomic mass is 9.98. The molecular formula is C14H18N4O3. The van der Waals surface area contributed by atoms with Crippen LogP contribution in [0.4, 0.5) is 0 Å². The number of methoxy groups -OCH3 is 1. The van der Waals surface area contributed by atoms with Gasteiger partial charge in [0, 0.05) is 45.1 Å². The number of aromatic nitrogens is 3. The van der Waals surface area contributed by atoms with Crippen molar-refractivity contribution in [3.63, 3.8) is 0 Å². The molecule has 7 nitrogen and oxygen atoms in total. The molecule has 0 spiro atoms. The van der Waals surface area contributed by atoms with Gasteiger partial charge in [-0.3, -0.25) is 4.79 Å². The van der Waals surface area contributed by atoms with Crippen LogP contribution in [0.1, 0.15) is 28.5 Å². The second-order valence-electron chi connectivity index (χ2n) is 5.22. The van der Waals surface area contributed by atoms with E-state index in [1.165, 1.54) is 0 Å². The molecule has 1 aliphatic rings. The normalized spacial score (nSPS) is 17.5. The smallest absolute Gasteiger partial charge is 0.273 e. The maximum Gasteiger partial charge on any atom is 0.273 e. The van der Waals surface area contributed by atoms with E-state index in [9.17, 15) is 4.79 Å². The van der Waals surface area contributed by atoms with E-state index in [0.717, 1.165) is 25.2 Å². The summed E-state index contributed by atoms with van der Waals surface area (Å²) in [6.07, 6.45) is 5.75. The Morgan fingerprint density at radius 3 is 3.38 bits per heavy atom. The number of imidazole rings is 1. The van der Waals surface area contributed by atoms with Crippen LogP contribution >= 0.6 is 0 Å². The highest BCUT2D eigenvalue weighted by Crippen LogP contribution is 2.18. The molecule has 0 radical (unpaired) electrons. The molecule has 7 heteroatoms. The molecule has 0 fully saturated rings. The highest BCUT2D eigenvalue weighted by atomic mass is 16.5. The van der Waals surface area contributed by atoms with E-state index >= 15 is 0 Å². The van der Waals surface area contributed by atoms with E-state index in [-0.39, 0.29) is 5.91 Å². The van der Waals surface area contributed by atoms with Gasteiger partial charge in [0.15, 0.2) is 11.5 Å². The molecule has 1 atom stereocenters. The summed E-state index contributed by atoms with van der Waals surface area (Å²) >= 11 is 0. The summed E-state index contributed by atoms with van der Waals surface area (Å²) in [5.74, 6) is 1.83. The van der Waals surface area contributed by atoms with Crippen molar-refractivity contribution in [2.24, 2.45) is 5.92 Å². The van der Waals surface area contributed by atoms with Crippen LogP contribution in [0.5, 0.6) is 0 Å². The van der Waals surface area contributed by atoms with Gasteiger partial charge in [-0.2, -0.15) is 0 Å². The number of hydrogen-bond acceptors (Lipinski definition) is 5. The monoisotopic (exact) mass is 290 g/mol. The maximum atomic E-state index is 12.0. The molecule has 1 unspecified atom stereocenters. The lowest BCUT2D eigenvalue weighted by Crippen LogP contribution is -2.33. The predicted molar refractivity (Wildman–Crippen MR) is 73.6 cm³/mol. The van der Waals surface area contributed by atoms with Crippen molar-refractivity contribution in [2.75, 3.05) is 13.7 Å². The Balaban J connectivity index is 1.52. The number of carbonyl (C=O) groups is 1. The zero-order valence-corrected chi connectivity index (χ0v) is 11.9. The van der Waals surface area contributed by atoms with Gasteiger partial charge >= 0.3 is 0 Å². The fourth-order valence-corrected chi connectivity index (χ4v) is 2.55. The molecule has 2 aromatic rings. The average molecular weight is 290 g/mol. The molecule has 3 heterocycles. The van der Waals surface area contributed by atoms with E-state index in [2.05, 4.69) is 20.0 Å². The third kappa shape index (κ3) is 3.13. The van der Waals surface area contributed by atoms with Crippen molar-refractivity contribution in [3.8, 4) is 0 Å².